The van der Waals surface area contributed by atoms with Crippen molar-refractivity contribution in [3.63, 3.8) is 0 Å². The molecule has 262 valence electrons. The predicted molar refractivity (Wildman–Crippen MR) is 213 cm³/mol. The summed E-state index contributed by atoms with van der Waals surface area (Å²) in [5.41, 5.74) is 15.4. The van der Waals surface area contributed by atoms with Crippen molar-refractivity contribution in [1.29, 1.82) is 0 Å². The molecule has 1 heterocycles. The third-order valence-electron chi connectivity index (χ3n) is 11.8. The van der Waals surface area contributed by atoms with Crippen molar-refractivity contribution in [3.05, 3.63) is 135 Å². The molecule has 4 aromatic carbocycles. The molecule has 0 aromatic heterocycles. The molecule has 0 saturated heterocycles. The van der Waals surface area contributed by atoms with Gasteiger partial charge in [-0.3, -0.25) is 0 Å². The molecule has 4 aromatic rings. The molecule has 1 N–H and O–H groups in total. The minimum absolute atomic E-state index is 0.0134. The summed E-state index contributed by atoms with van der Waals surface area (Å²) in [6, 6.07) is 29.6. The van der Waals surface area contributed by atoms with Crippen LogP contribution in [-0.2, 0) is 10.2 Å². The van der Waals surface area contributed by atoms with Gasteiger partial charge < -0.3 is 14.7 Å². The van der Waals surface area contributed by atoms with Gasteiger partial charge in [0.2, 0.25) is 0 Å². The molecule has 1 aliphatic heterocycles. The monoisotopic (exact) mass is 667 g/mol. The molecule has 50 heavy (non-hydrogen) atoms. The van der Waals surface area contributed by atoms with E-state index in [9.17, 15) is 5.11 Å². The third kappa shape index (κ3) is 6.70. The molecule has 0 fully saturated rings. The average Bonchev–Trinajstić information content (AvgIpc) is 3.33. The number of hydrogen-bond donors (Lipinski definition) is 1. The summed E-state index contributed by atoms with van der Waals surface area (Å²) in [5, 5.41) is 11.0. The van der Waals surface area contributed by atoms with Crippen molar-refractivity contribution in [1.82, 2.24) is 0 Å². The fourth-order valence-electron chi connectivity index (χ4n) is 8.09. The Morgan fingerprint density at radius 1 is 0.840 bits per heavy atom. The van der Waals surface area contributed by atoms with Crippen LogP contribution >= 0.6 is 0 Å². The maximum absolute atomic E-state index is 11.0. The molecule has 5 atom stereocenters. The van der Waals surface area contributed by atoms with E-state index in [1.165, 1.54) is 61.3 Å². The molecular formula is C47H57NO2. The summed E-state index contributed by atoms with van der Waals surface area (Å²) in [4.78, 5) is 2.47. The van der Waals surface area contributed by atoms with E-state index < -0.39 is 0 Å². The van der Waals surface area contributed by atoms with Crippen LogP contribution in [0.1, 0.15) is 118 Å². The lowest BCUT2D eigenvalue weighted by atomic mass is 9.80. The largest absolute Gasteiger partial charge is 0.495 e. The summed E-state index contributed by atoms with van der Waals surface area (Å²) in [7, 11) is 2.25. The van der Waals surface area contributed by atoms with E-state index in [2.05, 4.69) is 165 Å². The molecule has 3 heteroatoms. The van der Waals surface area contributed by atoms with Crippen molar-refractivity contribution in [2.24, 2.45) is 11.8 Å². The molecule has 0 bridgehead atoms. The van der Waals surface area contributed by atoms with Crippen LogP contribution in [0.5, 0.6) is 0 Å². The molecule has 5 unspecified atom stereocenters. The number of aliphatic hydroxyl groups is 1. The normalized spacial score (nSPS) is 18.8. The van der Waals surface area contributed by atoms with E-state index in [1.54, 1.807) is 0 Å². The SMILES string of the molecule is CCC(C)C(O)CC(O/C(C)=C/c1ccc(C)cc1C1C=C(c2cccc(C)c2)c2cc3c(cc2N1C)C(C)(C)c1ccccc1-3)C(C)CC. The number of aryl methyl sites for hydroxylation is 2. The lowest BCUT2D eigenvalue weighted by Crippen LogP contribution is -2.30. The fourth-order valence-corrected chi connectivity index (χ4v) is 8.09. The Balaban J connectivity index is 1.46. The third-order valence-corrected chi connectivity index (χ3v) is 11.8. The van der Waals surface area contributed by atoms with Gasteiger partial charge in [0.25, 0.3) is 0 Å². The van der Waals surface area contributed by atoms with Gasteiger partial charge in [-0.15, -0.1) is 0 Å². The Morgan fingerprint density at radius 3 is 2.28 bits per heavy atom. The van der Waals surface area contributed by atoms with E-state index in [0.717, 1.165) is 24.2 Å². The maximum Gasteiger partial charge on any atom is 0.103 e. The van der Waals surface area contributed by atoms with Gasteiger partial charge in [-0.2, -0.15) is 0 Å². The molecule has 0 amide bonds. The number of ether oxygens (including phenoxy) is 1. The van der Waals surface area contributed by atoms with Gasteiger partial charge in [0.15, 0.2) is 0 Å². The van der Waals surface area contributed by atoms with E-state index in [-0.39, 0.29) is 29.6 Å². The Bertz CT molecular complexity index is 1930. The van der Waals surface area contributed by atoms with E-state index in [4.69, 9.17) is 4.74 Å². The number of fused-ring (bicyclic) bond motifs is 4. The number of rotatable bonds is 11. The van der Waals surface area contributed by atoms with Gasteiger partial charge in [-0.05, 0) is 101 Å². The number of allylic oxidation sites excluding steroid dienone is 1. The average molecular weight is 668 g/mol. The topological polar surface area (TPSA) is 32.7 Å². The maximum atomic E-state index is 11.0. The minimum Gasteiger partial charge on any atom is -0.495 e. The number of anilines is 1. The van der Waals surface area contributed by atoms with Crippen LogP contribution in [0.25, 0.3) is 22.8 Å². The van der Waals surface area contributed by atoms with Crippen molar-refractivity contribution >= 4 is 17.3 Å². The van der Waals surface area contributed by atoms with Gasteiger partial charge in [-0.1, -0.05) is 132 Å². The van der Waals surface area contributed by atoms with Crippen LogP contribution in [0.15, 0.2) is 90.7 Å². The Hall–Kier alpha value is -4.08. The number of hydrogen-bond acceptors (Lipinski definition) is 3. The summed E-state index contributed by atoms with van der Waals surface area (Å²) < 4.78 is 6.71. The summed E-state index contributed by atoms with van der Waals surface area (Å²) >= 11 is 0. The Morgan fingerprint density at radius 2 is 1.56 bits per heavy atom. The Labute approximate surface area is 301 Å². The zero-order valence-electron chi connectivity index (χ0n) is 32.0. The second kappa shape index (κ2) is 14.3. The molecule has 3 nitrogen and oxygen atoms in total. The smallest absolute Gasteiger partial charge is 0.103 e. The lowest BCUT2D eigenvalue weighted by molar-refractivity contribution is 0.00458. The molecule has 2 aliphatic rings. The Kier molecular flexibility index (Phi) is 10.2. The second-order valence-corrected chi connectivity index (χ2v) is 15.7. The highest BCUT2D eigenvalue weighted by Crippen LogP contribution is 2.53. The molecule has 0 spiro atoms. The molecule has 0 saturated carbocycles. The van der Waals surface area contributed by atoms with Crippen molar-refractivity contribution in [2.75, 3.05) is 11.9 Å². The predicted octanol–water partition coefficient (Wildman–Crippen LogP) is 11.8. The summed E-state index contributed by atoms with van der Waals surface area (Å²) in [5.74, 6) is 1.47. The van der Waals surface area contributed by atoms with Crippen LogP contribution in [-0.4, -0.2) is 24.4 Å². The van der Waals surface area contributed by atoms with Gasteiger partial charge >= 0.3 is 0 Å². The summed E-state index contributed by atoms with van der Waals surface area (Å²) in [6.07, 6.45) is 6.88. The highest BCUT2D eigenvalue weighted by molar-refractivity contribution is 5.95. The van der Waals surface area contributed by atoms with Gasteiger partial charge in [0.1, 0.15) is 6.10 Å². The molecule has 6 rings (SSSR count). The van der Waals surface area contributed by atoms with Gasteiger partial charge in [-0.25, -0.2) is 0 Å². The van der Waals surface area contributed by atoms with E-state index in [0.29, 0.717) is 12.3 Å². The summed E-state index contributed by atoms with van der Waals surface area (Å²) in [6.45, 7) is 19.9. The first-order chi connectivity index (χ1) is 23.8. The number of benzene rings is 4. The first-order valence-electron chi connectivity index (χ1n) is 18.8. The minimum atomic E-state index is -0.373. The van der Waals surface area contributed by atoms with E-state index in [1.807, 2.05) is 0 Å². The van der Waals surface area contributed by atoms with Crippen LogP contribution in [0.3, 0.4) is 0 Å². The fraction of sp³-hybridized carbons (Fsp3) is 0.404. The first-order valence-corrected chi connectivity index (χ1v) is 18.8. The first kappa shape index (κ1) is 35.7. The highest BCUT2D eigenvalue weighted by Gasteiger charge is 2.38. The quantitative estimate of drug-likeness (QED) is 0.162. The number of likely N-dealkylation sites (N-methyl/N-ethyl adjacent to an activating group) is 1. The van der Waals surface area contributed by atoms with Crippen LogP contribution < -0.4 is 4.90 Å². The molecule has 0 radical (unpaired) electrons. The standard InChI is InChI=1S/C47H57NO2/c1-11-31(5)45(49)28-46(32(6)12-2)50-33(7)24-35-21-20-30(4)23-38(35)43-26-37(34-17-15-16-29(3)22-34)40-25-39-36-18-13-14-19-41(36)47(8,9)42(39)27-44(40)48(43)10/h13-27,31-32,43,45-46,49H,11-12,28H2,1-10H3/b33-24+. The van der Waals surface area contributed by atoms with Crippen molar-refractivity contribution < 1.29 is 9.84 Å². The lowest BCUT2D eigenvalue weighted by Gasteiger charge is -2.37. The van der Waals surface area contributed by atoms with Gasteiger partial charge in [0, 0.05) is 30.1 Å². The van der Waals surface area contributed by atoms with Gasteiger partial charge in [0.05, 0.1) is 17.9 Å². The van der Waals surface area contributed by atoms with Crippen LogP contribution in [0.4, 0.5) is 5.69 Å². The molecule has 1 aliphatic carbocycles. The van der Waals surface area contributed by atoms with E-state index >= 15 is 0 Å². The molecular weight excluding hydrogens is 611 g/mol. The van der Waals surface area contributed by atoms with Crippen molar-refractivity contribution in [3.8, 4) is 11.1 Å². The second-order valence-electron chi connectivity index (χ2n) is 15.7. The number of nitrogens with zero attached hydrogens (tertiary/aromatic N) is 1. The number of aliphatic hydroxyl groups excluding tert-OH is 1. The zero-order valence-corrected chi connectivity index (χ0v) is 32.0. The van der Waals surface area contributed by atoms with Crippen LogP contribution in [0.2, 0.25) is 0 Å². The zero-order chi connectivity index (χ0) is 35.9. The highest BCUT2D eigenvalue weighted by atomic mass is 16.5. The van der Waals surface area contributed by atoms with Crippen molar-refractivity contribution in [2.45, 2.75) is 105 Å². The van der Waals surface area contributed by atoms with Crippen LogP contribution in [0, 0.1) is 25.7 Å².